The van der Waals surface area contributed by atoms with Crippen molar-refractivity contribution >= 4 is 5.91 Å². The normalized spacial score (nSPS) is 13.6. The van der Waals surface area contributed by atoms with Gasteiger partial charge < -0.3 is 19.7 Å². The van der Waals surface area contributed by atoms with Gasteiger partial charge in [0, 0.05) is 16.7 Å². The highest BCUT2D eigenvalue weighted by atomic mass is 16.4. The Morgan fingerprint density at radius 2 is 1.19 bits per heavy atom. The molecule has 0 aliphatic heterocycles. The molecule has 2 aromatic carbocycles. The van der Waals surface area contributed by atoms with Gasteiger partial charge in [0.2, 0.25) is 11.8 Å². The molecule has 1 aromatic heterocycles. The second kappa shape index (κ2) is 17.1. The molecule has 0 saturated carbocycles. The molecular formula is C33H48N4O5. The second-order valence-electron chi connectivity index (χ2n) is 11.1. The zero-order valence-electron chi connectivity index (χ0n) is 25.3. The maximum absolute atomic E-state index is 11.8. The highest BCUT2D eigenvalue weighted by Gasteiger charge is 2.27. The van der Waals surface area contributed by atoms with E-state index < -0.39 is 24.2 Å². The molecule has 0 aliphatic rings. The number of carbonyl (C=O) groups is 1. The standard InChI is InChI=1S/C33H48N4O5/c1-4-7-10-13-27(38)25-20-24(33-37-36-32(42-33)23-18-16-22(17-19-23)31(41)35-34)21-26(28(39)14-11-8-5-2)30(25)29(40)15-12-9-6-3/h16-21,27-29,38-40H,4-15,34H2,1-3H3,(H,35,41). The molecule has 0 fully saturated rings. The van der Waals surface area contributed by atoms with Gasteiger partial charge in [0.15, 0.2) is 0 Å². The van der Waals surface area contributed by atoms with Crippen LogP contribution in [-0.4, -0.2) is 31.4 Å². The second-order valence-corrected chi connectivity index (χ2v) is 11.1. The first-order valence-corrected chi connectivity index (χ1v) is 15.5. The largest absolute Gasteiger partial charge is 0.416 e. The van der Waals surface area contributed by atoms with Crippen LogP contribution in [0.2, 0.25) is 0 Å². The number of unbranched alkanes of at least 4 members (excludes halogenated alkanes) is 6. The number of nitrogens with zero attached hydrogens (tertiary/aromatic N) is 2. The minimum atomic E-state index is -0.808. The average molecular weight is 581 g/mol. The summed E-state index contributed by atoms with van der Waals surface area (Å²) in [4.78, 5) is 11.8. The molecular weight excluding hydrogens is 532 g/mol. The molecule has 0 bridgehead atoms. The summed E-state index contributed by atoms with van der Waals surface area (Å²) < 4.78 is 6.06. The zero-order valence-corrected chi connectivity index (χ0v) is 25.3. The fraction of sp³-hybridized carbons (Fsp3) is 0.545. The number of aliphatic hydroxyl groups is 3. The molecule has 3 rings (SSSR count). The number of benzene rings is 2. The number of amides is 1. The summed E-state index contributed by atoms with van der Waals surface area (Å²) in [7, 11) is 0. The Hall–Kier alpha value is -3.11. The van der Waals surface area contributed by atoms with Gasteiger partial charge in [0.1, 0.15) is 0 Å². The Morgan fingerprint density at radius 3 is 1.64 bits per heavy atom. The van der Waals surface area contributed by atoms with Crippen molar-refractivity contribution in [2.24, 2.45) is 5.84 Å². The number of nitrogens with two attached hydrogens (primary N) is 1. The van der Waals surface area contributed by atoms with Crippen LogP contribution in [-0.2, 0) is 0 Å². The van der Waals surface area contributed by atoms with Crippen LogP contribution in [0.1, 0.15) is 143 Å². The molecule has 0 spiro atoms. The van der Waals surface area contributed by atoms with E-state index in [1.54, 1.807) is 24.3 Å². The molecule has 0 saturated heterocycles. The van der Waals surface area contributed by atoms with E-state index in [1.165, 1.54) is 0 Å². The molecule has 42 heavy (non-hydrogen) atoms. The smallest absolute Gasteiger partial charge is 0.265 e. The summed E-state index contributed by atoms with van der Waals surface area (Å²) >= 11 is 0. The lowest BCUT2D eigenvalue weighted by atomic mass is 9.84. The summed E-state index contributed by atoms with van der Waals surface area (Å²) in [6.45, 7) is 6.36. The third kappa shape index (κ3) is 8.94. The fourth-order valence-corrected chi connectivity index (χ4v) is 5.28. The van der Waals surface area contributed by atoms with Gasteiger partial charge in [-0.05, 0) is 72.4 Å². The van der Waals surface area contributed by atoms with Crippen molar-refractivity contribution in [3.63, 3.8) is 0 Å². The van der Waals surface area contributed by atoms with E-state index in [2.05, 4.69) is 36.4 Å². The number of aliphatic hydroxyl groups excluding tert-OH is 3. The van der Waals surface area contributed by atoms with Gasteiger partial charge in [-0.1, -0.05) is 78.6 Å². The quantitative estimate of drug-likeness (QED) is 0.0474. The highest BCUT2D eigenvalue weighted by molar-refractivity contribution is 5.94. The molecule has 9 nitrogen and oxygen atoms in total. The average Bonchev–Trinajstić information content (AvgIpc) is 3.51. The van der Waals surface area contributed by atoms with Crippen molar-refractivity contribution in [2.75, 3.05) is 0 Å². The molecule has 3 unspecified atom stereocenters. The van der Waals surface area contributed by atoms with E-state index in [4.69, 9.17) is 10.3 Å². The summed E-state index contributed by atoms with van der Waals surface area (Å²) in [5.74, 6) is 5.33. The fourth-order valence-electron chi connectivity index (χ4n) is 5.28. The molecule has 3 atom stereocenters. The molecule has 1 heterocycles. The summed E-state index contributed by atoms with van der Waals surface area (Å²) in [5, 5.41) is 42.8. The monoisotopic (exact) mass is 580 g/mol. The number of carbonyl (C=O) groups excluding carboxylic acids is 1. The van der Waals surface area contributed by atoms with Crippen LogP contribution in [0.15, 0.2) is 40.8 Å². The van der Waals surface area contributed by atoms with Gasteiger partial charge in [-0.15, -0.1) is 10.2 Å². The first-order chi connectivity index (χ1) is 20.3. The van der Waals surface area contributed by atoms with Crippen molar-refractivity contribution in [1.82, 2.24) is 15.6 Å². The van der Waals surface area contributed by atoms with Crippen LogP contribution in [0.5, 0.6) is 0 Å². The van der Waals surface area contributed by atoms with E-state index in [9.17, 15) is 20.1 Å². The van der Waals surface area contributed by atoms with Crippen LogP contribution >= 0.6 is 0 Å². The third-order valence-corrected chi connectivity index (χ3v) is 7.74. The van der Waals surface area contributed by atoms with Crippen LogP contribution in [0, 0.1) is 0 Å². The number of nitrogen functional groups attached to an aromatic ring is 1. The van der Waals surface area contributed by atoms with Crippen molar-refractivity contribution in [2.45, 2.75) is 116 Å². The topological polar surface area (TPSA) is 155 Å². The maximum atomic E-state index is 11.8. The highest BCUT2D eigenvalue weighted by Crippen LogP contribution is 2.40. The van der Waals surface area contributed by atoms with Gasteiger partial charge in [-0.25, -0.2) is 5.84 Å². The SMILES string of the molecule is CCCCCC(O)c1cc(-c2nnc(-c3ccc(C(=O)NN)cc3)o2)cc(C(O)CCCCC)c1C(O)CCCCC. The molecule has 3 aromatic rings. The molecule has 6 N–H and O–H groups in total. The Labute approximate surface area is 249 Å². The van der Waals surface area contributed by atoms with Crippen molar-refractivity contribution in [1.29, 1.82) is 0 Å². The lowest BCUT2D eigenvalue weighted by molar-refractivity contribution is 0.0953. The maximum Gasteiger partial charge on any atom is 0.265 e. The summed E-state index contributed by atoms with van der Waals surface area (Å²) in [6, 6.07) is 10.3. The van der Waals surface area contributed by atoms with Crippen LogP contribution in [0.25, 0.3) is 22.9 Å². The predicted octanol–water partition coefficient (Wildman–Crippen LogP) is 6.85. The van der Waals surface area contributed by atoms with Crippen molar-refractivity contribution < 1.29 is 24.5 Å². The van der Waals surface area contributed by atoms with Gasteiger partial charge in [-0.3, -0.25) is 10.2 Å². The van der Waals surface area contributed by atoms with Crippen LogP contribution < -0.4 is 11.3 Å². The first kappa shape index (κ1) is 33.4. The van der Waals surface area contributed by atoms with E-state index in [1.807, 2.05) is 12.1 Å². The zero-order chi connectivity index (χ0) is 30.5. The molecule has 9 heteroatoms. The minimum Gasteiger partial charge on any atom is -0.416 e. The number of hydrazine groups is 1. The van der Waals surface area contributed by atoms with E-state index >= 15 is 0 Å². The number of aromatic nitrogens is 2. The Morgan fingerprint density at radius 1 is 0.738 bits per heavy atom. The lowest BCUT2D eigenvalue weighted by Crippen LogP contribution is -2.29. The van der Waals surface area contributed by atoms with Gasteiger partial charge in [0.25, 0.3) is 5.91 Å². The van der Waals surface area contributed by atoms with Crippen molar-refractivity contribution in [3.05, 3.63) is 58.7 Å². The van der Waals surface area contributed by atoms with Gasteiger partial charge in [-0.2, -0.15) is 0 Å². The lowest BCUT2D eigenvalue weighted by Gasteiger charge is -2.26. The van der Waals surface area contributed by atoms with E-state index in [0.717, 1.165) is 57.8 Å². The van der Waals surface area contributed by atoms with E-state index in [-0.39, 0.29) is 11.8 Å². The Bertz CT molecular complexity index is 1210. The summed E-state index contributed by atoms with van der Waals surface area (Å²) in [6.07, 6.45) is 7.88. The molecule has 0 radical (unpaired) electrons. The number of hydrogen-bond acceptors (Lipinski definition) is 8. The first-order valence-electron chi connectivity index (χ1n) is 15.5. The van der Waals surface area contributed by atoms with E-state index in [0.29, 0.717) is 52.6 Å². The van der Waals surface area contributed by atoms with Gasteiger partial charge in [0.05, 0.1) is 18.3 Å². The molecule has 0 aliphatic carbocycles. The summed E-state index contributed by atoms with van der Waals surface area (Å²) in [5.41, 5.74) is 5.54. The Kier molecular flexibility index (Phi) is 13.6. The number of hydrogen-bond donors (Lipinski definition) is 5. The van der Waals surface area contributed by atoms with Gasteiger partial charge >= 0.3 is 0 Å². The Balaban J connectivity index is 2.07. The predicted molar refractivity (Wildman–Crippen MR) is 164 cm³/mol. The molecule has 230 valence electrons. The molecule has 1 amide bonds. The van der Waals surface area contributed by atoms with Crippen molar-refractivity contribution in [3.8, 4) is 22.9 Å². The van der Waals surface area contributed by atoms with Crippen LogP contribution in [0.4, 0.5) is 0 Å². The third-order valence-electron chi connectivity index (χ3n) is 7.74. The minimum absolute atomic E-state index is 0.241. The number of nitrogens with one attached hydrogen (secondary N) is 1. The van der Waals surface area contributed by atoms with Crippen LogP contribution in [0.3, 0.4) is 0 Å². The number of rotatable bonds is 18.